The van der Waals surface area contributed by atoms with Crippen LogP contribution in [0.25, 0.3) is 10.9 Å². The topological polar surface area (TPSA) is 73.1 Å². The van der Waals surface area contributed by atoms with Crippen molar-refractivity contribution in [2.75, 3.05) is 0 Å². The zero-order chi connectivity index (χ0) is 13.1. The molecule has 92 valence electrons. The Morgan fingerprint density at radius 1 is 1.22 bits per heavy atom. The Labute approximate surface area is 110 Å². The maximum atomic E-state index is 12.0. The van der Waals surface area contributed by atoms with Crippen LogP contribution in [0.4, 0.5) is 0 Å². The van der Waals surface area contributed by atoms with Crippen molar-refractivity contribution in [3.05, 3.63) is 36.0 Å². The number of pyridine rings is 1. The van der Waals surface area contributed by atoms with Gasteiger partial charge in [0.1, 0.15) is 0 Å². The molecule has 0 unspecified atom stereocenters. The molecule has 0 radical (unpaired) electrons. The number of primary amides is 1. The summed E-state index contributed by atoms with van der Waals surface area (Å²) in [6, 6.07) is 7.02. The lowest BCUT2D eigenvalue weighted by Gasteiger charge is -2.06. The molecule has 18 heavy (non-hydrogen) atoms. The fourth-order valence-corrected chi connectivity index (χ4v) is 2.03. The van der Waals surface area contributed by atoms with Crippen molar-refractivity contribution in [3.63, 3.8) is 0 Å². The molecule has 1 aromatic carbocycles. The summed E-state index contributed by atoms with van der Waals surface area (Å²) < 4.78 is 0. The van der Waals surface area contributed by atoms with Gasteiger partial charge in [-0.05, 0) is 18.2 Å². The van der Waals surface area contributed by atoms with E-state index in [9.17, 15) is 9.59 Å². The van der Waals surface area contributed by atoms with Gasteiger partial charge in [0.05, 0.1) is 5.52 Å². The second-order valence-corrected chi connectivity index (χ2v) is 4.40. The number of nitrogens with zero attached hydrogens (tertiary/aromatic N) is 1. The van der Waals surface area contributed by atoms with E-state index in [4.69, 9.17) is 5.73 Å². The van der Waals surface area contributed by atoms with Gasteiger partial charge in [-0.15, -0.1) is 12.6 Å². The number of benzene rings is 1. The minimum atomic E-state index is -0.475. The zero-order valence-corrected chi connectivity index (χ0v) is 10.5. The number of rotatable bonds is 4. The maximum Gasteiger partial charge on any atom is 0.217 e. The van der Waals surface area contributed by atoms with Crippen molar-refractivity contribution in [1.82, 2.24) is 4.98 Å². The molecule has 0 bridgehead atoms. The van der Waals surface area contributed by atoms with Crippen LogP contribution < -0.4 is 5.73 Å². The van der Waals surface area contributed by atoms with Crippen LogP contribution in [0.5, 0.6) is 0 Å². The van der Waals surface area contributed by atoms with Crippen molar-refractivity contribution in [1.29, 1.82) is 0 Å². The SMILES string of the molecule is NC(=O)CCC(=O)c1ccc(S)c2ncccc12. The number of aromatic nitrogens is 1. The third-order valence-corrected chi connectivity index (χ3v) is 3.01. The van der Waals surface area contributed by atoms with Crippen molar-refractivity contribution < 1.29 is 9.59 Å². The molecule has 1 aromatic heterocycles. The molecule has 2 rings (SSSR count). The van der Waals surface area contributed by atoms with Gasteiger partial charge in [-0.1, -0.05) is 6.07 Å². The summed E-state index contributed by atoms with van der Waals surface area (Å²) in [7, 11) is 0. The maximum absolute atomic E-state index is 12.0. The molecule has 0 atom stereocenters. The predicted molar refractivity (Wildman–Crippen MR) is 71.8 cm³/mol. The van der Waals surface area contributed by atoms with Crippen LogP contribution in [-0.2, 0) is 4.79 Å². The van der Waals surface area contributed by atoms with Crippen LogP contribution in [0.3, 0.4) is 0 Å². The molecule has 4 nitrogen and oxygen atoms in total. The molecule has 1 amide bonds. The second kappa shape index (κ2) is 5.18. The Balaban J connectivity index is 2.42. The van der Waals surface area contributed by atoms with Crippen molar-refractivity contribution in [3.8, 4) is 0 Å². The standard InChI is InChI=1S/C13H12N2O2S/c14-12(17)6-4-10(16)8-3-5-11(18)13-9(8)2-1-7-15-13/h1-3,5,7,18H,4,6H2,(H2,14,17). The van der Waals surface area contributed by atoms with E-state index in [2.05, 4.69) is 17.6 Å². The summed E-state index contributed by atoms with van der Waals surface area (Å²) in [5, 5.41) is 0.750. The molecule has 1 heterocycles. The molecule has 0 aliphatic heterocycles. The van der Waals surface area contributed by atoms with E-state index in [1.165, 1.54) is 0 Å². The third kappa shape index (κ3) is 2.51. The highest BCUT2D eigenvalue weighted by molar-refractivity contribution is 7.80. The highest BCUT2D eigenvalue weighted by Crippen LogP contribution is 2.24. The summed E-state index contributed by atoms with van der Waals surface area (Å²) >= 11 is 4.30. The number of ketones is 1. The van der Waals surface area contributed by atoms with Crippen molar-refractivity contribution in [2.24, 2.45) is 5.73 Å². The largest absolute Gasteiger partial charge is 0.370 e. The van der Waals surface area contributed by atoms with Gasteiger partial charge in [-0.2, -0.15) is 0 Å². The second-order valence-electron chi connectivity index (χ2n) is 3.92. The van der Waals surface area contributed by atoms with Crippen LogP contribution in [0.15, 0.2) is 35.4 Å². The fourth-order valence-electron chi connectivity index (χ4n) is 1.77. The van der Waals surface area contributed by atoms with Crippen molar-refractivity contribution in [2.45, 2.75) is 17.7 Å². The molecular formula is C13H12N2O2S. The van der Waals surface area contributed by atoms with E-state index < -0.39 is 5.91 Å². The van der Waals surface area contributed by atoms with E-state index in [1.54, 1.807) is 24.4 Å². The molecule has 2 N–H and O–H groups in total. The number of fused-ring (bicyclic) bond motifs is 1. The quantitative estimate of drug-likeness (QED) is 0.652. The minimum Gasteiger partial charge on any atom is -0.370 e. The Morgan fingerprint density at radius 2 is 2.00 bits per heavy atom. The van der Waals surface area contributed by atoms with E-state index in [-0.39, 0.29) is 18.6 Å². The Hall–Kier alpha value is -1.88. The average molecular weight is 260 g/mol. The normalized spacial score (nSPS) is 10.5. The van der Waals surface area contributed by atoms with Crippen LogP contribution in [0.1, 0.15) is 23.2 Å². The molecule has 0 aliphatic carbocycles. The summed E-state index contributed by atoms with van der Waals surface area (Å²) in [6.45, 7) is 0. The summed E-state index contributed by atoms with van der Waals surface area (Å²) in [4.78, 5) is 27.6. The Morgan fingerprint density at radius 3 is 2.72 bits per heavy atom. The van der Waals surface area contributed by atoms with Gasteiger partial charge in [0.15, 0.2) is 5.78 Å². The molecule has 2 aromatic rings. The number of amides is 1. The Kier molecular flexibility index (Phi) is 3.62. The highest BCUT2D eigenvalue weighted by Gasteiger charge is 2.12. The average Bonchev–Trinajstić information content (AvgIpc) is 2.37. The number of thiol groups is 1. The van der Waals surface area contributed by atoms with Gasteiger partial charge in [-0.3, -0.25) is 14.6 Å². The van der Waals surface area contributed by atoms with Gasteiger partial charge < -0.3 is 5.73 Å². The van der Waals surface area contributed by atoms with E-state index in [0.717, 1.165) is 10.3 Å². The summed E-state index contributed by atoms with van der Waals surface area (Å²) in [5.74, 6) is -0.586. The first-order valence-corrected chi connectivity index (χ1v) is 5.92. The lowest BCUT2D eigenvalue weighted by molar-refractivity contribution is -0.118. The molecular weight excluding hydrogens is 248 g/mol. The highest BCUT2D eigenvalue weighted by atomic mass is 32.1. The number of hydrogen-bond donors (Lipinski definition) is 2. The predicted octanol–water partition coefficient (Wildman–Crippen LogP) is 1.97. The first kappa shape index (κ1) is 12.6. The molecule has 5 heteroatoms. The molecule has 0 saturated carbocycles. The molecule has 0 fully saturated rings. The van der Waals surface area contributed by atoms with Gasteiger partial charge in [0, 0.05) is 34.9 Å². The number of hydrogen-bond acceptors (Lipinski definition) is 4. The van der Waals surface area contributed by atoms with E-state index in [1.807, 2.05) is 6.07 Å². The van der Waals surface area contributed by atoms with Gasteiger partial charge >= 0.3 is 0 Å². The molecule has 0 aliphatic rings. The molecule has 0 spiro atoms. The lowest BCUT2D eigenvalue weighted by Crippen LogP contribution is -2.13. The van der Waals surface area contributed by atoms with E-state index in [0.29, 0.717) is 11.1 Å². The van der Waals surface area contributed by atoms with Crippen LogP contribution >= 0.6 is 12.6 Å². The minimum absolute atomic E-state index is 0.0587. The molecule has 0 saturated heterocycles. The van der Waals surface area contributed by atoms with Crippen LogP contribution in [-0.4, -0.2) is 16.7 Å². The van der Waals surface area contributed by atoms with Gasteiger partial charge in [-0.25, -0.2) is 0 Å². The third-order valence-electron chi connectivity index (χ3n) is 2.65. The number of carbonyl (C=O) groups excluding carboxylic acids is 2. The van der Waals surface area contributed by atoms with E-state index >= 15 is 0 Å². The zero-order valence-electron chi connectivity index (χ0n) is 9.59. The van der Waals surface area contributed by atoms with Crippen LogP contribution in [0.2, 0.25) is 0 Å². The number of nitrogens with two attached hydrogens (primary N) is 1. The lowest BCUT2D eigenvalue weighted by atomic mass is 10.0. The monoisotopic (exact) mass is 260 g/mol. The first-order valence-electron chi connectivity index (χ1n) is 5.48. The fraction of sp³-hybridized carbons (Fsp3) is 0.154. The van der Waals surface area contributed by atoms with Gasteiger partial charge in [0.2, 0.25) is 5.91 Å². The Bertz CT molecular complexity index is 625. The van der Waals surface area contributed by atoms with Crippen LogP contribution in [0, 0.1) is 0 Å². The summed E-state index contributed by atoms with van der Waals surface area (Å²) in [5.41, 5.74) is 6.28. The first-order chi connectivity index (χ1) is 8.59. The summed E-state index contributed by atoms with van der Waals surface area (Å²) in [6.07, 6.45) is 1.83. The number of carbonyl (C=O) groups is 2. The smallest absolute Gasteiger partial charge is 0.217 e. The van der Waals surface area contributed by atoms with Crippen molar-refractivity contribution >= 4 is 35.2 Å². The van der Waals surface area contributed by atoms with Gasteiger partial charge in [0.25, 0.3) is 0 Å². The number of Topliss-reactive ketones (excluding diaryl/α,β-unsaturated/α-hetero) is 1.